The van der Waals surface area contributed by atoms with Gasteiger partial charge in [0.2, 0.25) is 10.0 Å². The first kappa shape index (κ1) is 17.4. The first-order valence-corrected chi connectivity index (χ1v) is 7.40. The largest absolute Gasteiger partial charge is 0.478 e. The third kappa shape index (κ3) is 4.14. The fourth-order valence-electron chi connectivity index (χ4n) is 1.72. The van der Waals surface area contributed by atoms with Crippen molar-refractivity contribution in [2.75, 3.05) is 33.0 Å². The van der Waals surface area contributed by atoms with E-state index in [1.807, 2.05) is 0 Å². The molecular weight excluding hydrogens is 300 g/mol. The predicted molar refractivity (Wildman–Crippen MR) is 75.5 cm³/mol. The van der Waals surface area contributed by atoms with Crippen molar-refractivity contribution in [1.82, 2.24) is 4.31 Å². The number of aliphatic hydroxyl groups is 1. The van der Waals surface area contributed by atoms with E-state index in [0.717, 1.165) is 22.5 Å². The Kier molecular flexibility index (Phi) is 5.67. The van der Waals surface area contributed by atoms with Crippen LogP contribution in [0.1, 0.15) is 10.4 Å². The number of aliphatic hydroxyl groups excluding tert-OH is 1. The lowest BCUT2D eigenvalue weighted by molar-refractivity contribution is 0.0554. The third-order valence-corrected chi connectivity index (χ3v) is 4.67. The van der Waals surface area contributed by atoms with Crippen LogP contribution in [0, 0.1) is 0 Å². The number of carbonyl (C=O) groups is 1. The number of nitrogens with zero attached hydrogens (tertiary/aromatic N) is 1. The van der Waals surface area contributed by atoms with Crippen LogP contribution < -0.4 is 5.73 Å². The molecule has 1 rings (SSSR count). The zero-order valence-corrected chi connectivity index (χ0v) is 12.5. The Hall–Kier alpha value is -1.68. The molecule has 1 unspecified atom stereocenters. The normalized spacial score (nSPS) is 13.3. The highest BCUT2D eigenvalue weighted by atomic mass is 32.2. The van der Waals surface area contributed by atoms with Gasteiger partial charge in [0.1, 0.15) is 4.90 Å². The van der Waals surface area contributed by atoms with Crippen LogP contribution in [0.15, 0.2) is 23.1 Å². The first-order chi connectivity index (χ1) is 9.70. The molecular formula is C12H18N2O6S. The number of ether oxygens (including phenoxy) is 1. The van der Waals surface area contributed by atoms with Gasteiger partial charge < -0.3 is 20.7 Å². The van der Waals surface area contributed by atoms with Gasteiger partial charge in [-0.2, -0.15) is 4.31 Å². The van der Waals surface area contributed by atoms with Crippen LogP contribution in [-0.4, -0.2) is 62.3 Å². The number of hydrogen-bond acceptors (Lipinski definition) is 6. The van der Waals surface area contributed by atoms with Gasteiger partial charge in [-0.05, 0) is 18.2 Å². The van der Waals surface area contributed by atoms with E-state index in [1.165, 1.54) is 14.2 Å². The summed E-state index contributed by atoms with van der Waals surface area (Å²) in [4.78, 5) is 10.6. The van der Waals surface area contributed by atoms with Crippen molar-refractivity contribution >= 4 is 21.7 Å². The second-order valence-corrected chi connectivity index (χ2v) is 6.47. The van der Waals surface area contributed by atoms with E-state index in [0.29, 0.717) is 0 Å². The zero-order valence-electron chi connectivity index (χ0n) is 11.7. The molecule has 0 amide bonds. The van der Waals surface area contributed by atoms with E-state index in [4.69, 9.17) is 15.6 Å². The maximum Gasteiger partial charge on any atom is 0.335 e. The van der Waals surface area contributed by atoms with Crippen LogP contribution in [-0.2, 0) is 14.8 Å². The summed E-state index contributed by atoms with van der Waals surface area (Å²) in [6.07, 6.45) is -0.978. The maximum absolute atomic E-state index is 12.3. The number of nitrogen functional groups attached to an aromatic ring is 1. The number of likely N-dealkylation sites (N-methyl/N-ethyl adjacent to an activating group) is 1. The molecule has 118 valence electrons. The number of aromatic carboxylic acids is 1. The van der Waals surface area contributed by atoms with Gasteiger partial charge in [-0.25, -0.2) is 13.2 Å². The Labute approximate surface area is 122 Å². The molecule has 1 atom stereocenters. The van der Waals surface area contributed by atoms with Gasteiger partial charge in [0, 0.05) is 20.7 Å². The van der Waals surface area contributed by atoms with E-state index >= 15 is 0 Å². The topological polar surface area (TPSA) is 130 Å². The Bertz CT molecular complexity index is 616. The number of carboxylic acids is 1. The van der Waals surface area contributed by atoms with Crippen molar-refractivity contribution in [1.29, 1.82) is 0 Å². The number of benzene rings is 1. The molecule has 0 bridgehead atoms. The second kappa shape index (κ2) is 6.85. The molecule has 8 nitrogen and oxygen atoms in total. The molecule has 21 heavy (non-hydrogen) atoms. The molecule has 0 radical (unpaired) electrons. The van der Waals surface area contributed by atoms with Crippen LogP contribution in [0.25, 0.3) is 0 Å². The number of sulfonamides is 1. The van der Waals surface area contributed by atoms with Crippen LogP contribution in [0.5, 0.6) is 0 Å². The molecule has 1 aromatic carbocycles. The summed E-state index contributed by atoms with van der Waals surface area (Å²) in [6.45, 7) is -0.177. The SMILES string of the molecule is COCC(O)CN(C)S(=O)(=O)c1ccc(C(=O)O)cc1N. The van der Waals surface area contributed by atoms with Gasteiger partial charge in [0.15, 0.2) is 0 Å². The number of rotatable bonds is 7. The molecule has 1 aromatic rings. The van der Waals surface area contributed by atoms with Gasteiger partial charge in [-0.15, -0.1) is 0 Å². The van der Waals surface area contributed by atoms with Crippen LogP contribution in [0.3, 0.4) is 0 Å². The molecule has 0 aliphatic heterocycles. The highest BCUT2D eigenvalue weighted by Crippen LogP contribution is 2.23. The van der Waals surface area contributed by atoms with Gasteiger partial charge >= 0.3 is 5.97 Å². The third-order valence-electron chi connectivity index (χ3n) is 2.77. The minimum Gasteiger partial charge on any atom is -0.478 e. The van der Waals surface area contributed by atoms with Gasteiger partial charge in [0.25, 0.3) is 0 Å². The number of nitrogens with two attached hydrogens (primary N) is 1. The smallest absolute Gasteiger partial charge is 0.335 e. The van der Waals surface area contributed by atoms with Crippen molar-refractivity contribution < 1.29 is 28.2 Å². The summed E-state index contributed by atoms with van der Waals surface area (Å²) in [5.74, 6) is -1.20. The average molecular weight is 318 g/mol. The van der Waals surface area contributed by atoms with Crippen LogP contribution in [0.4, 0.5) is 5.69 Å². The Morgan fingerprint density at radius 2 is 2.10 bits per heavy atom. The molecule has 0 heterocycles. The standard InChI is InChI=1S/C12H18N2O6S/c1-14(6-9(15)7-20-2)21(18,19)11-4-3-8(12(16)17)5-10(11)13/h3-5,9,15H,6-7,13H2,1-2H3,(H,16,17). The predicted octanol–water partition coefficient (Wildman–Crippen LogP) is -0.405. The molecule has 0 aromatic heterocycles. The summed E-state index contributed by atoms with van der Waals surface area (Å²) in [5, 5.41) is 18.4. The summed E-state index contributed by atoms with van der Waals surface area (Å²) < 4.78 is 30.3. The fourth-order valence-corrected chi connectivity index (χ4v) is 3.03. The Balaban J connectivity index is 3.05. The number of hydrogen-bond donors (Lipinski definition) is 3. The molecule has 4 N–H and O–H groups in total. The highest BCUT2D eigenvalue weighted by molar-refractivity contribution is 7.89. The second-order valence-electron chi connectivity index (χ2n) is 4.45. The highest BCUT2D eigenvalue weighted by Gasteiger charge is 2.25. The zero-order chi connectivity index (χ0) is 16.2. The van der Waals surface area contributed by atoms with Gasteiger partial charge in [-0.1, -0.05) is 0 Å². The van der Waals surface area contributed by atoms with Crippen molar-refractivity contribution in [3.8, 4) is 0 Å². The molecule has 0 spiro atoms. The fraction of sp³-hybridized carbons (Fsp3) is 0.417. The maximum atomic E-state index is 12.3. The van der Waals surface area contributed by atoms with Crippen molar-refractivity contribution in [2.45, 2.75) is 11.0 Å². The summed E-state index contributed by atoms with van der Waals surface area (Å²) in [5.41, 5.74) is 5.35. The lowest BCUT2D eigenvalue weighted by Gasteiger charge is -2.21. The lowest BCUT2D eigenvalue weighted by Crippen LogP contribution is -2.36. The van der Waals surface area contributed by atoms with Crippen molar-refractivity contribution in [3.63, 3.8) is 0 Å². The van der Waals surface area contributed by atoms with Crippen molar-refractivity contribution in [3.05, 3.63) is 23.8 Å². The minimum atomic E-state index is -3.93. The Morgan fingerprint density at radius 3 is 2.57 bits per heavy atom. The minimum absolute atomic E-state index is 0.00665. The first-order valence-electron chi connectivity index (χ1n) is 5.96. The number of methoxy groups -OCH3 is 1. The molecule has 0 fully saturated rings. The van der Waals surface area contributed by atoms with E-state index in [9.17, 15) is 18.3 Å². The number of anilines is 1. The lowest BCUT2D eigenvalue weighted by atomic mass is 10.2. The van der Waals surface area contributed by atoms with Gasteiger partial charge in [-0.3, -0.25) is 0 Å². The van der Waals surface area contributed by atoms with Gasteiger partial charge in [0.05, 0.1) is 24.0 Å². The van der Waals surface area contributed by atoms with Crippen molar-refractivity contribution in [2.24, 2.45) is 0 Å². The monoisotopic (exact) mass is 318 g/mol. The molecule has 9 heteroatoms. The van der Waals surface area contributed by atoms with E-state index < -0.39 is 22.1 Å². The van der Waals surface area contributed by atoms with Crippen LogP contribution in [0.2, 0.25) is 0 Å². The number of carboxylic acid groups (broad SMARTS) is 1. The van der Waals surface area contributed by atoms with E-state index in [1.54, 1.807) is 0 Å². The Morgan fingerprint density at radius 1 is 1.48 bits per heavy atom. The molecule has 0 saturated carbocycles. The average Bonchev–Trinajstić information content (AvgIpc) is 2.38. The van der Waals surface area contributed by atoms with E-state index in [2.05, 4.69) is 0 Å². The summed E-state index contributed by atoms with van der Waals surface area (Å²) >= 11 is 0. The molecule has 0 aliphatic rings. The quantitative estimate of drug-likeness (QED) is 0.583. The van der Waals surface area contributed by atoms with E-state index in [-0.39, 0.29) is 29.3 Å². The molecule has 0 saturated heterocycles. The van der Waals surface area contributed by atoms with Crippen LogP contribution >= 0.6 is 0 Å². The molecule has 0 aliphatic carbocycles. The summed E-state index contributed by atoms with van der Waals surface area (Å²) in [6, 6.07) is 3.37. The summed E-state index contributed by atoms with van der Waals surface area (Å²) in [7, 11) is -1.25.